The van der Waals surface area contributed by atoms with Gasteiger partial charge in [-0.1, -0.05) is 18.2 Å². The van der Waals surface area contributed by atoms with E-state index >= 15 is 0 Å². The fraction of sp³-hybridized carbons (Fsp3) is 0. The first kappa shape index (κ1) is 11.3. The summed E-state index contributed by atoms with van der Waals surface area (Å²) in [5.41, 5.74) is 0.523. The molecule has 1 aromatic rings. The van der Waals surface area contributed by atoms with Crippen LogP contribution in [0, 0.1) is 0 Å². The van der Waals surface area contributed by atoms with Gasteiger partial charge in [-0.3, -0.25) is 4.79 Å². The Hall–Kier alpha value is -0.810. The Morgan fingerprint density at radius 1 is 1.21 bits per heavy atom. The summed E-state index contributed by atoms with van der Waals surface area (Å²) < 4.78 is 0.634. The summed E-state index contributed by atoms with van der Waals surface area (Å²) in [4.78, 5) is 11.3. The molecule has 0 heterocycles. The SMILES string of the molecule is O=C(/N=N/C=C(Br)Br)c1ccccc1. The van der Waals surface area contributed by atoms with E-state index in [0.717, 1.165) is 0 Å². The second-order valence-corrected chi connectivity index (χ2v) is 5.08. The van der Waals surface area contributed by atoms with Gasteiger partial charge >= 0.3 is 0 Å². The van der Waals surface area contributed by atoms with Crippen molar-refractivity contribution in [2.45, 2.75) is 0 Å². The largest absolute Gasteiger partial charge is 0.295 e. The molecule has 0 aliphatic carbocycles. The average molecular weight is 318 g/mol. The zero-order valence-electron chi connectivity index (χ0n) is 7.02. The van der Waals surface area contributed by atoms with E-state index in [-0.39, 0.29) is 5.91 Å². The van der Waals surface area contributed by atoms with Crippen LogP contribution in [-0.4, -0.2) is 5.91 Å². The molecule has 5 heteroatoms. The number of amides is 1. The highest BCUT2D eigenvalue weighted by molar-refractivity contribution is 9.28. The zero-order chi connectivity index (χ0) is 10.4. The van der Waals surface area contributed by atoms with Gasteiger partial charge in [0, 0.05) is 5.56 Å². The molecular weight excluding hydrogens is 312 g/mol. The Balaban J connectivity index is 2.69. The number of carbonyl (C=O) groups excluding carboxylic acids is 1. The lowest BCUT2D eigenvalue weighted by atomic mass is 10.2. The fourth-order valence-electron chi connectivity index (χ4n) is 0.763. The van der Waals surface area contributed by atoms with Gasteiger partial charge in [0.15, 0.2) is 0 Å². The third-order valence-electron chi connectivity index (χ3n) is 1.32. The second kappa shape index (κ2) is 5.82. The molecular formula is C9H6Br2N2O. The summed E-state index contributed by atoms with van der Waals surface area (Å²) in [5.74, 6) is -0.358. The number of benzene rings is 1. The third kappa shape index (κ3) is 3.93. The molecule has 1 aromatic carbocycles. The van der Waals surface area contributed by atoms with Crippen molar-refractivity contribution in [3.05, 3.63) is 45.5 Å². The summed E-state index contributed by atoms with van der Waals surface area (Å²) in [6, 6.07) is 8.77. The van der Waals surface area contributed by atoms with Crippen molar-refractivity contribution in [2.24, 2.45) is 10.2 Å². The van der Waals surface area contributed by atoms with E-state index in [1.807, 2.05) is 6.07 Å². The quantitative estimate of drug-likeness (QED) is 0.763. The maximum Gasteiger partial charge on any atom is 0.295 e. The van der Waals surface area contributed by atoms with Gasteiger partial charge in [0.25, 0.3) is 5.91 Å². The van der Waals surface area contributed by atoms with E-state index in [9.17, 15) is 4.79 Å². The fourth-order valence-corrected chi connectivity index (χ4v) is 0.947. The average Bonchev–Trinajstić information content (AvgIpc) is 2.18. The van der Waals surface area contributed by atoms with E-state index in [0.29, 0.717) is 8.96 Å². The van der Waals surface area contributed by atoms with E-state index < -0.39 is 0 Å². The minimum absolute atomic E-state index is 0.358. The number of rotatable bonds is 2. The molecule has 0 bridgehead atoms. The summed E-state index contributed by atoms with van der Waals surface area (Å²) in [6.07, 6.45) is 1.39. The monoisotopic (exact) mass is 316 g/mol. The zero-order valence-corrected chi connectivity index (χ0v) is 10.2. The van der Waals surface area contributed by atoms with Crippen LogP contribution in [0.2, 0.25) is 0 Å². The van der Waals surface area contributed by atoms with Gasteiger partial charge in [-0.15, -0.1) is 5.11 Å². The normalized spacial score (nSPS) is 10.1. The molecule has 0 saturated heterocycles. The van der Waals surface area contributed by atoms with E-state index in [1.54, 1.807) is 24.3 Å². The number of nitrogens with zero attached hydrogens (tertiary/aromatic N) is 2. The highest BCUT2D eigenvalue weighted by atomic mass is 79.9. The Kier molecular flexibility index (Phi) is 4.69. The van der Waals surface area contributed by atoms with Crippen LogP contribution in [0.3, 0.4) is 0 Å². The number of carbonyl (C=O) groups is 1. The van der Waals surface area contributed by atoms with E-state index in [1.165, 1.54) is 6.20 Å². The van der Waals surface area contributed by atoms with E-state index in [2.05, 4.69) is 42.1 Å². The summed E-state index contributed by atoms with van der Waals surface area (Å²) >= 11 is 6.19. The predicted molar refractivity (Wildman–Crippen MR) is 61.6 cm³/mol. The predicted octanol–water partition coefficient (Wildman–Crippen LogP) is 3.87. The topological polar surface area (TPSA) is 41.8 Å². The first-order chi connectivity index (χ1) is 6.70. The lowest BCUT2D eigenvalue weighted by molar-refractivity contribution is 0.0995. The maximum absolute atomic E-state index is 11.3. The molecule has 1 amide bonds. The molecule has 0 atom stereocenters. The molecule has 0 aromatic heterocycles. The molecule has 3 nitrogen and oxygen atoms in total. The van der Waals surface area contributed by atoms with Gasteiger partial charge < -0.3 is 0 Å². The van der Waals surface area contributed by atoms with Gasteiger partial charge in [-0.25, -0.2) is 0 Å². The van der Waals surface area contributed by atoms with Gasteiger partial charge in [0.2, 0.25) is 0 Å². The summed E-state index contributed by atoms with van der Waals surface area (Å²) in [7, 11) is 0. The van der Waals surface area contributed by atoms with Crippen molar-refractivity contribution < 1.29 is 4.79 Å². The minimum Gasteiger partial charge on any atom is -0.265 e. The molecule has 0 aliphatic rings. The van der Waals surface area contributed by atoms with Crippen LogP contribution in [0.1, 0.15) is 10.4 Å². The van der Waals surface area contributed by atoms with Crippen molar-refractivity contribution in [3.8, 4) is 0 Å². The first-order valence-corrected chi connectivity index (χ1v) is 5.30. The van der Waals surface area contributed by atoms with Crippen molar-refractivity contribution in [1.29, 1.82) is 0 Å². The molecule has 0 aliphatic heterocycles. The molecule has 0 unspecified atom stereocenters. The Morgan fingerprint density at radius 3 is 2.43 bits per heavy atom. The Morgan fingerprint density at radius 2 is 1.86 bits per heavy atom. The molecule has 0 spiro atoms. The molecule has 14 heavy (non-hydrogen) atoms. The lowest BCUT2D eigenvalue weighted by Gasteiger charge is -1.90. The Bertz CT molecular complexity index is 370. The number of azo groups is 1. The van der Waals surface area contributed by atoms with Crippen LogP contribution < -0.4 is 0 Å². The Labute approximate surface area is 98.2 Å². The lowest BCUT2D eigenvalue weighted by Crippen LogP contribution is -1.91. The van der Waals surface area contributed by atoms with Crippen LogP contribution in [0.15, 0.2) is 50.2 Å². The highest BCUT2D eigenvalue weighted by Crippen LogP contribution is 2.12. The van der Waals surface area contributed by atoms with Crippen LogP contribution in [0.4, 0.5) is 0 Å². The van der Waals surface area contributed by atoms with Crippen LogP contribution in [-0.2, 0) is 0 Å². The van der Waals surface area contributed by atoms with Crippen molar-refractivity contribution in [2.75, 3.05) is 0 Å². The smallest absolute Gasteiger partial charge is 0.265 e. The summed E-state index contributed by atoms with van der Waals surface area (Å²) in [6.45, 7) is 0. The third-order valence-corrected chi connectivity index (χ3v) is 1.73. The molecule has 0 fully saturated rings. The molecule has 0 saturated carbocycles. The molecule has 0 radical (unpaired) electrons. The number of halogens is 2. The summed E-state index contributed by atoms with van der Waals surface area (Å²) in [5, 5.41) is 7.05. The number of hydrogen-bond donors (Lipinski definition) is 0. The number of hydrogen-bond acceptors (Lipinski definition) is 2. The van der Waals surface area contributed by atoms with Crippen molar-refractivity contribution in [1.82, 2.24) is 0 Å². The van der Waals surface area contributed by atoms with Gasteiger partial charge in [0.1, 0.15) is 0 Å². The van der Waals surface area contributed by atoms with Gasteiger partial charge in [0.05, 0.1) is 9.59 Å². The second-order valence-electron chi connectivity index (χ2n) is 2.31. The van der Waals surface area contributed by atoms with Crippen molar-refractivity contribution >= 4 is 37.8 Å². The van der Waals surface area contributed by atoms with Crippen molar-refractivity contribution in [3.63, 3.8) is 0 Å². The van der Waals surface area contributed by atoms with Crippen LogP contribution >= 0.6 is 31.9 Å². The standard InChI is InChI=1S/C9H6Br2N2O/c10-8(11)6-12-13-9(14)7-4-2-1-3-5-7/h1-6H/b13-12+. The minimum atomic E-state index is -0.358. The molecule has 1 rings (SSSR count). The molecule has 0 N–H and O–H groups in total. The maximum atomic E-state index is 11.3. The molecule has 72 valence electrons. The van der Waals surface area contributed by atoms with Gasteiger partial charge in [-0.2, -0.15) is 5.11 Å². The van der Waals surface area contributed by atoms with E-state index in [4.69, 9.17) is 0 Å². The van der Waals surface area contributed by atoms with Crippen LogP contribution in [0.5, 0.6) is 0 Å². The van der Waals surface area contributed by atoms with Gasteiger partial charge in [-0.05, 0) is 44.0 Å². The first-order valence-electron chi connectivity index (χ1n) is 3.71. The highest BCUT2D eigenvalue weighted by Gasteiger charge is 2.00. The van der Waals surface area contributed by atoms with Crippen LogP contribution in [0.25, 0.3) is 0 Å².